The SMILES string of the molecule is CCCCc1cc2c(-c3ccc(C)cc3)c([C@H](OC(C)(C)C)C(=O)OC)c(C)c3c2n1CCN3c1ncc(OCCN)cn1. The first-order chi connectivity index (χ1) is 21.1. The van der Waals surface area contributed by atoms with E-state index in [1.165, 1.54) is 18.4 Å². The molecule has 0 spiro atoms. The molecule has 4 aromatic rings. The Morgan fingerprint density at radius 1 is 1.09 bits per heavy atom. The molecule has 0 radical (unpaired) electrons. The van der Waals surface area contributed by atoms with E-state index in [9.17, 15) is 4.79 Å². The number of methoxy groups -OCH3 is 1. The molecule has 0 aliphatic carbocycles. The van der Waals surface area contributed by atoms with Gasteiger partial charge in [0.25, 0.3) is 0 Å². The van der Waals surface area contributed by atoms with Crippen LogP contribution in [0.1, 0.15) is 69.0 Å². The molecular formula is C35H45N5O4. The second-order valence-corrected chi connectivity index (χ2v) is 12.4. The zero-order valence-electron chi connectivity index (χ0n) is 27.1. The molecule has 2 aromatic carbocycles. The molecule has 0 fully saturated rings. The van der Waals surface area contributed by atoms with Crippen molar-refractivity contribution in [2.24, 2.45) is 5.73 Å². The Balaban J connectivity index is 1.84. The number of unbranched alkanes of at least 4 members (excludes halogenated alkanes) is 1. The number of rotatable bonds is 11. The number of nitrogens with two attached hydrogens (primary N) is 1. The minimum absolute atomic E-state index is 0.396. The molecule has 1 aliphatic heterocycles. The maximum Gasteiger partial charge on any atom is 0.339 e. The first-order valence-electron chi connectivity index (χ1n) is 15.5. The van der Waals surface area contributed by atoms with Crippen LogP contribution < -0.4 is 15.4 Å². The molecule has 0 saturated heterocycles. The summed E-state index contributed by atoms with van der Waals surface area (Å²) < 4.78 is 20.0. The number of aryl methyl sites for hydroxylation is 2. The van der Waals surface area contributed by atoms with Crippen molar-refractivity contribution in [1.82, 2.24) is 14.5 Å². The van der Waals surface area contributed by atoms with Crippen LogP contribution in [0.15, 0.2) is 42.7 Å². The summed E-state index contributed by atoms with van der Waals surface area (Å²) in [7, 11) is 1.42. The first kappa shape index (κ1) is 31.5. The largest absolute Gasteiger partial charge is 0.489 e. The highest BCUT2D eigenvalue weighted by atomic mass is 16.6. The average Bonchev–Trinajstić information content (AvgIpc) is 3.38. The van der Waals surface area contributed by atoms with Gasteiger partial charge in [0.05, 0.1) is 36.3 Å². The van der Waals surface area contributed by atoms with E-state index in [0.717, 1.165) is 64.7 Å². The highest BCUT2D eigenvalue weighted by molar-refractivity contribution is 6.08. The Bertz CT molecular complexity index is 1620. The minimum atomic E-state index is -0.948. The zero-order chi connectivity index (χ0) is 31.6. The van der Waals surface area contributed by atoms with Crippen LogP contribution in [0.3, 0.4) is 0 Å². The van der Waals surface area contributed by atoms with Crippen molar-refractivity contribution in [3.05, 3.63) is 65.1 Å². The normalized spacial score (nSPS) is 13.8. The highest BCUT2D eigenvalue weighted by Gasteiger charge is 2.37. The van der Waals surface area contributed by atoms with Crippen molar-refractivity contribution in [1.29, 1.82) is 0 Å². The lowest BCUT2D eigenvalue weighted by Gasteiger charge is -2.35. The lowest BCUT2D eigenvalue weighted by molar-refractivity contribution is -0.164. The number of ether oxygens (including phenoxy) is 3. The third-order valence-electron chi connectivity index (χ3n) is 8.04. The fourth-order valence-electron chi connectivity index (χ4n) is 6.09. The summed E-state index contributed by atoms with van der Waals surface area (Å²) >= 11 is 0. The van der Waals surface area contributed by atoms with Crippen LogP contribution in [0.5, 0.6) is 5.75 Å². The first-order valence-corrected chi connectivity index (χ1v) is 15.5. The van der Waals surface area contributed by atoms with Crippen LogP contribution >= 0.6 is 0 Å². The molecule has 0 amide bonds. The van der Waals surface area contributed by atoms with Gasteiger partial charge in [-0.2, -0.15) is 0 Å². The van der Waals surface area contributed by atoms with Gasteiger partial charge >= 0.3 is 5.97 Å². The van der Waals surface area contributed by atoms with E-state index in [1.807, 2.05) is 20.8 Å². The Morgan fingerprint density at radius 2 is 1.80 bits per heavy atom. The number of esters is 1. The van der Waals surface area contributed by atoms with Gasteiger partial charge in [-0.15, -0.1) is 0 Å². The molecule has 2 N–H and O–H groups in total. The van der Waals surface area contributed by atoms with Crippen LogP contribution in [0.25, 0.3) is 22.0 Å². The molecule has 3 heterocycles. The van der Waals surface area contributed by atoms with Crippen molar-refractivity contribution in [2.75, 3.05) is 31.7 Å². The lowest BCUT2D eigenvalue weighted by Crippen LogP contribution is -2.32. The van der Waals surface area contributed by atoms with E-state index in [-0.39, 0.29) is 0 Å². The van der Waals surface area contributed by atoms with E-state index < -0.39 is 17.7 Å². The maximum absolute atomic E-state index is 13.6. The quantitative estimate of drug-likeness (QED) is 0.193. The van der Waals surface area contributed by atoms with E-state index in [1.54, 1.807) is 12.4 Å². The molecule has 5 rings (SSSR count). The van der Waals surface area contributed by atoms with Gasteiger partial charge in [-0.1, -0.05) is 43.2 Å². The fourth-order valence-corrected chi connectivity index (χ4v) is 6.09. The van der Waals surface area contributed by atoms with Crippen molar-refractivity contribution >= 4 is 28.5 Å². The van der Waals surface area contributed by atoms with Gasteiger partial charge in [0.15, 0.2) is 11.9 Å². The summed E-state index contributed by atoms with van der Waals surface area (Å²) in [6.45, 7) is 14.5. The lowest BCUT2D eigenvalue weighted by atomic mass is 9.87. The van der Waals surface area contributed by atoms with Crippen LogP contribution in [0, 0.1) is 13.8 Å². The van der Waals surface area contributed by atoms with Gasteiger partial charge < -0.3 is 29.4 Å². The third kappa shape index (κ3) is 6.16. The molecule has 1 atom stereocenters. The molecule has 234 valence electrons. The standard InChI is InChI=1S/C35H45N5O4/c1-8-9-10-25-19-27-29(24-13-11-22(2)12-14-24)28(32(33(41)42-7)44-35(4,5)6)23(3)30-31(27)39(25)16-17-40(30)34-37-20-26(21-38-34)43-18-15-36/h11-14,19-21,32H,8-10,15-18,36H2,1-7H3/t32-/m0/s1. The van der Waals surface area contributed by atoms with Gasteiger partial charge in [-0.3, -0.25) is 0 Å². The number of aromatic nitrogens is 3. The molecule has 0 bridgehead atoms. The molecule has 44 heavy (non-hydrogen) atoms. The summed E-state index contributed by atoms with van der Waals surface area (Å²) in [6, 6.07) is 10.8. The number of carbonyl (C=O) groups is 1. The number of hydrogen-bond acceptors (Lipinski definition) is 8. The number of nitrogens with zero attached hydrogens (tertiary/aromatic N) is 4. The Labute approximate surface area is 260 Å². The molecule has 1 aliphatic rings. The van der Waals surface area contributed by atoms with Crippen molar-refractivity contribution in [3.63, 3.8) is 0 Å². The molecule has 0 unspecified atom stereocenters. The Morgan fingerprint density at radius 3 is 2.41 bits per heavy atom. The van der Waals surface area contributed by atoms with E-state index in [2.05, 4.69) is 60.6 Å². The van der Waals surface area contributed by atoms with E-state index >= 15 is 0 Å². The third-order valence-corrected chi connectivity index (χ3v) is 8.04. The average molecular weight is 600 g/mol. The second-order valence-electron chi connectivity index (χ2n) is 12.4. The van der Waals surface area contributed by atoms with Gasteiger partial charge in [0, 0.05) is 36.3 Å². The van der Waals surface area contributed by atoms with Crippen LogP contribution in [0.2, 0.25) is 0 Å². The second kappa shape index (κ2) is 13.0. The topological polar surface area (TPSA) is 105 Å². The molecule has 9 heteroatoms. The van der Waals surface area contributed by atoms with Crippen LogP contribution in [-0.2, 0) is 27.2 Å². The van der Waals surface area contributed by atoms with Crippen molar-refractivity contribution in [2.45, 2.75) is 79.1 Å². The summed E-state index contributed by atoms with van der Waals surface area (Å²) in [5.74, 6) is 0.703. The number of benzene rings is 2. The smallest absolute Gasteiger partial charge is 0.339 e. The van der Waals surface area contributed by atoms with Gasteiger partial charge in [-0.25, -0.2) is 14.8 Å². The monoisotopic (exact) mass is 599 g/mol. The molecule has 0 saturated carbocycles. The predicted octanol–water partition coefficient (Wildman–Crippen LogP) is 6.58. The maximum atomic E-state index is 13.6. The van der Waals surface area contributed by atoms with E-state index in [4.69, 9.17) is 29.9 Å². The molecule has 9 nitrogen and oxygen atoms in total. The van der Waals surface area contributed by atoms with Gasteiger partial charge in [0.2, 0.25) is 5.95 Å². The Kier molecular flexibility index (Phi) is 9.27. The summed E-state index contributed by atoms with van der Waals surface area (Å²) in [4.78, 5) is 25.2. The minimum Gasteiger partial charge on any atom is -0.489 e. The zero-order valence-corrected chi connectivity index (χ0v) is 27.1. The predicted molar refractivity (Wildman–Crippen MR) is 175 cm³/mol. The Hall–Kier alpha value is -3.95. The van der Waals surface area contributed by atoms with Gasteiger partial charge in [-0.05, 0) is 70.2 Å². The molecular weight excluding hydrogens is 554 g/mol. The number of carbonyl (C=O) groups excluding carboxylic acids is 1. The van der Waals surface area contributed by atoms with Crippen LogP contribution in [-0.4, -0.2) is 52.9 Å². The van der Waals surface area contributed by atoms with E-state index in [0.29, 0.717) is 31.4 Å². The fraction of sp³-hybridized carbons (Fsp3) is 0.457. The summed E-state index contributed by atoms with van der Waals surface area (Å²) in [6.07, 6.45) is 5.59. The van der Waals surface area contributed by atoms with Crippen molar-refractivity contribution in [3.8, 4) is 16.9 Å². The number of anilines is 2. The summed E-state index contributed by atoms with van der Waals surface area (Å²) in [5, 5.41) is 1.08. The van der Waals surface area contributed by atoms with Crippen molar-refractivity contribution < 1.29 is 19.0 Å². The van der Waals surface area contributed by atoms with Gasteiger partial charge in [0.1, 0.15) is 6.61 Å². The number of hydrogen-bond donors (Lipinski definition) is 1. The summed E-state index contributed by atoms with van der Waals surface area (Å²) in [5.41, 5.74) is 13.3. The van der Waals surface area contributed by atoms with Crippen LogP contribution in [0.4, 0.5) is 11.6 Å². The molecule has 2 aromatic heterocycles. The highest BCUT2D eigenvalue weighted by Crippen LogP contribution is 2.49.